The molecule has 28 heavy (non-hydrogen) atoms. The molecule has 1 aromatic carbocycles. The Bertz CT molecular complexity index is 797. The topological polar surface area (TPSA) is 74.6 Å². The third-order valence-corrected chi connectivity index (χ3v) is 4.85. The Kier molecular flexibility index (Phi) is 8.21. The van der Waals surface area contributed by atoms with Gasteiger partial charge in [-0.25, -0.2) is 9.37 Å². The molecule has 1 aliphatic heterocycles. The maximum absolute atomic E-state index is 13.2. The van der Waals surface area contributed by atoms with Crippen LogP contribution in [0.2, 0.25) is 0 Å². The Morgan fingerprint density at radius 3 is 2.93 bits per heavy atom. The number of anilines is 1. The zero-order valence-electron chi connectivity index (χ0n) is 16.0. The summed E-state index contributed by atoms with van der Waals surface area (Å²) in [6, 6.07) is 6.14. The number of carbonyl (C=O) groups is 1. The van der Waals surface area contributed by atoms with E-state index in [0.29, 0.717) is 23.6 Å². The number of aliphatic imine (C=N–C) groups is 1. The monoisotopic (exact) mass is 500 g/mol. The second-order valence-corrected chi connectivity index (χ2v) is 6.75. The normalized spacial score (nSPS) is 19.7. The third kappa shape index (κ3) is 5.66. The summed E-state index contributed by atoms with van der Waals surface area (Å²) in [5.74, 6) is 0.578. The smallest absolute Gasteiger partial charge is 0.243 e. The van der Waals surface area contributed by atoms with Crippen molar-refractivity contribution in [2.45, 2.75) is 19.4 Å². The van der Waals surface area contributed by atoms with Crippen molar-refractivity contribution in [1.82, 2.24) is 19.8 Å². The van der Waals surface area contributed by atoms with E-state index in [-0.39, 0.29) is 42.2 Å². The van der Waals surface area contributed by atoms with Crippen molar-refractivity contribution in [3.05, 3.63) is 48.8 Å². The Hall–Kier alpha value is -2.17. The van der Waals surface area contributed by atoms with Gasteiger partial charge in [0.1, 0.15) is 5.82 Å². The number of nitrogens with one attached hydrogen (secondary N) is 2. The van der Waals surface area contributed by atoms with Gasteiger partial charge in [0, 0.05) is 38.2 Å². The molecule has 1 saturated heterocycles. The molecule has 7 nitrogen and oxygen atoms in total. The second kappa shape index (κ2) is 10.4. The highest BCUT2D eigenvalue weighted by Crippen LogP contribution is 2.27. The van der Waals surface area contributed by atoms with Gasteiger partial charge in [-0.3, -0.25) is 9.79 Å². The zero-order chi connectivity index (χ0) is 19.2. The first-order valence-electron chi connectivity index (χ1n) is 9.05. The minimum Gasteiger partial charge on any atom is -0.347 e. The number of benzene rings is 1. The van der Waals surface area contributed by atoms with Gasteiger partial charge in [0.05, 0.1) is 18.9 Å². The molecule has 2 atom stereocenters. The summed E-state index contributed by atoms with van der Waals surface area (Å²) in [6.45, 7) is 3.97. The van der Waals surface area contributed by atoms with Gasteiger partial charge in [0.15, 0.2) is 5.96 Å². The van der Waals surface area contributed by atoms with E-state index in [1.807, 2.05) is 12.5 Å². The number of hydrogen-bond acceptors (Lipinski definition) is 3. The van der Waals surface area contributed by atoms with Crippen LogP contribution in [0.1, 0.15) is 19.4 Å². The molecule has 1 aromatic heterocycles. The highest BCUT2D eigenvalue weighted by atomic mass is 127. The molecule has 2 unspecified atom stereocenters. The number of hydrogen-bond donors (Lipinski definition) is 2. The van der Waals surface area contributed by atoms with Gasteiger partial charge in [-0.05, 0) is 30.5 Å². The number of amides is 1. The minimum absolute atomic E-state index is 0. The number of likely N-dealkylation sites (tertiary alicyclic amines) is 1. The number of carbonyl (C=O) groups excluding carboxylic acids is 1. The molecule has 1 fully saturated rings. The number of halogens is 2. The number of guanidine groups is 1. The van der Waals surface area contributed by atoms with Crippen molar-refractivity contribution in [2.24, 2.45) is 10.9 Å². The first kappa shape index (κ1) is 22.1. The first-order chi connectivity index (χ1) is 13.1. The predicted octanol–water partition coefficient (Wildman–Crippen LogP) is 2.74. The second-order valence-electron chi connectivity index (χ2n) is 6.75. The maximum atomic E-state index is 13.2. The number of piperidine rings is 1. The zero-order valence-corrected chi connectivity index (χ0v) is 18.3. The van der Waals surface area contributed by atoms with Gasteiger partial charge in [-0.1, -0.05) is 13.0 Å². The summed E-state index contributed by atoms with van der Waals surface area (Å²) in [6.07, 6.45) is 6.63. The molecule has 0 radical (unpaired) electrons. The quantitative estimate of drug-likeness (QED) is 0.385. The van der Waals surface area contributed by atoms with E-state index < -0.39 is 0 Å². The fraction of sp³-hybridized carbons (Fsp3) is 0.421. The Balaban J connectivity index is 0.00000280. The number of rotatable bonds is 4. The lowest BCUT2D eigenvalue weighted by Crippen LogP contribution is -2.50. The molecule has 2 aromatic rings. The van der Waals surface area contributed by atoms with Gasteiger partial charge in [0.2, 0.25) is 5.91 Å². The van der Waals surface area contributed by atoms with Crippen LogP contribution < -0.4 is 10.6 Å². The maximum Gasteiger partial charge on any atom is 0.243 e. The van der Waals surface area contributed by atoms with Crippen molar-refractivity contribution in [1.29, 1.82) is 0 Å². The standard InChI is InChI=1S/C19H25FN6O.HI/c1-14-6-8-25(12-17(14)26-9-7-22-13-26)19(21-2)23-11-18(27)24-16-5-3-4-15(20)10-16;/h3-5,7,9-10,13-14,17H,6,8,11-12H2,1-2H3,(H,21,23)(H,24,27);1H. The van der Waals surface area contributed by atoms with Crippen molar-refractivity contribution >= 4 is 41.5 Å². The van der Waals surface area contributed by atoms with Crippen molar-refractivity contribution in [3.63, 3.8) is 0 Å². The van der Waals surface area contributed by atoms with Gasteiger partial charge in [0.25, 0.3) is 0 Å². The van der Waals surface area contributed by atoms with Crippen LogP contribution in [0.5, 0.6) is 0 Å². The van der Waals surface area contributed by atoms with Crippen LogP contribution in [0.25, 0.3) is 0 Å². The molecule has 0 aliphatic carbocycles. The van der Waals surface area contributed by atoms with Crippen LogP contribution in [-0.4, -0.2) is 53.0 Å². The molecule has 2 heterocycles. The van der Waals surface area contributed by atoms with Crippen LogP contribution >= 0.6 is 24.0 Å². The highest BCUT2D eigenvalue weighted by molar-refractivity contribution is 14.0. The van der Waals surface area contributed by atoms with E-state index >= 15 is 0 Å². The van der Waals surface area contributed by atoms with Crippen molar-refractivity contribution < 1.29 is 9.18 Å². The van der Waals surface area contributed by atoms with Crippen molar-refractivity contribution in [2.75, 3.05) is 32.0 Å². The molecule has 152 valence electrons. The van der Waals surface area contributed by atoms with Gasteiger partial charge in [-0.2, -0.15) is 0 Å². The lowest BCUT2D eigenvalue weighted by molar-refractivity contribution is -0.115. The SMILES string of the molecule is CN=C(NCC(=O)Nc1cccc(F)c1)N1CCC(C)C(n2ccnc2)C1.I. The third-order valence-electron chi connectivity index (χ3n) is 4.85. The van der Waals surface area contributed by atoms with Gasteiger partial charge < -0.3 is 20.1 Å². The summed E-state index contributed by atoms with van der Waals surface area (Å²) in [5.41, 5.74) is 0.434. The lowest BCUT2D eigenvalue weighted by Gasteiger charge is -2.39. The van der Waals surface area contributed by atoms with E-state index in [2.05, 4.69) is 37.0 Å². The number of imidazole rings is 1. The lowest BCUT2D eigenvalue weighted by atomic mass is 9.93. The average Bonchev–Trinajstić information content (AvgIpc) is 3.18. The Morgan fingerprint density at radius 1 is 1.43 bits per heavy atom. The summed E-state index contributed by atoms with van der Waals surface area (Å²) in [7, 11) is 1.71. The van der Waals surface area contributed by atoms with Crippen LogP contribution in [0.3, 0.4) is 0 Å². The molecular formula is C19H26FIN6O. The Labute approximate surface area is 181 Å². The van der Waals surface area contributed by atoms with Crippen LogP contribution in [0.15, 0.2) is 48.0 Å². The van der Waals surface area contributed by atoms with Gasteiger partial charge in [-0.15, -0.1) is 24.0 Å². The fourth-order valence-electron chi connectivity index (χ4n) is 3.36. The molecule has 2 N–H and O–H groups in total. The summed E-state index contributed by atoms with van der Waals surface area (Å²) >= 11 is 0. The average molecular weight is 500 g/mol. The highest BCUT2D eigenvalue weighted by Gasteiger charge is 2.29. The van der Waals surface area contributed by atoms with E-state index in [1.54, 1.807) is 25.4 Å². The molecule has 0 bridgehead atoms. The number of nitrogens with zero attached hydrogens (tertiary/aromatic N) is 4. The largest absolute Gasteiger partial charge is 0.347 e. The van der Waals surface area contributed by atoms with E-state index in [1.165, 1.54) is 12.1 Å². The molecule has 1 aliphatic rings. The number of aromatic nitrogens is 2. The molecule has 0 saturated carbocycles. The summed E-state index contributed by atoms with van der Waals surface area (Å²) in [5, 5.41) is 5.78. The van der Waals surface area contributed by atoms with Crippen LogP contribution in [0, 0.1) is 11.7 Å². The van der Waals surface area contributed by atoms with Crippen LogP contribution in [0.4, 0.5) is 10.1 Å². The summed E-state index contributed by atoms with van der Waals surface area (Å²) < 4.78 is 15.3. The van der Waals surface area contributed by atoms with E-state index in [0.717, 1.165) is 19.5 Å². The minimum atomic E-state index is -0.385. The molecule has 0 spiro atoms. The molecule has 9 heteroatoms. The predicted molar refractivity (Wildman–Crippen MR) is 118 cm³/mol. The Morgan fingerprint density at radius 2 is 2.25 bits per heavy atom. The van der Waals surface area contributed by atoms with E-state index in [4.69, 9.17) is 0 Å². The molecule has 1 amide bonds. The molecule has 3 rings (SSSR count). The van der Waals surface area contributed by atoms with E-state index in [9.17, 15) is 9.18 Å². The van der Waals surface area contributed by atoms with Crippen LogP contribution in [-0.2, 0) is 4.79 Å². The van der Waals surface area contributed by atoms with Gasteiger partial charge >= 0.3 is 0 Å². The molecular weight excluding hydrogens is 474 g/mol. The fourth-order valence-corrected chi connectivity index (χ4v) is 3.36. The summed E-state index contributed by atoms with van der Waals surface area (Å²) in [4.78, 5) is 22.8. The first-order valence-corrected chi connectivity index (χ1v) is 9.05. The van der Waals surface area contributed by atoms with Crippen molar-refractivity contribution in [3.8, 4) is 0 Å².